The summed E-state index contributed by atoms with van der Waals surface area (Å²) in [5.74, 6) is 0.415. The first-order valence-corrected chi connectivity index (χ1v) is 7.22. The van der Waals surface area contributed by atoms with Crippen LogP contribution in [-0.2, 0) is 0 Å². The summed E-state index contributed by atoms with van der Waals surface area (Å²) in [5, 5.41) is 0. The van der Waals surface area contributed by atoms with Crippen LogP contribution >= 0.6 is 0 Å². The molecule has 2 aromatic rings. The highest BCUT2D eigenvalue weighted by Crippen LogP contribution is 2.38. The molecule has 0 saturated heterocycles. The molecule has 0 aromatic heterocycles. The van der Waals surface area contributed by atoms with E-state index >= 15 is 0 Å². The molecule has 0 saturated carbocycles. The molecule has 1 atom stereocenters. The van der Waals surface area contributed by atoms with Crippen LogP contribution in [-0.4, -0.2) is 24.8 Å². The van der Waals surface area contributed by atoms with Crippen molar-refractivity contribution in [3.63, 3.8) is 0 Å². The van der Waals surface area contributed by atoms with Gasteiger partial charge in [0.1, 0.15) is 0 Å². The standard InChI is InChI=1S/C19H19NO/c1-20(2)13-15-12-18(14-8-4-3-5-9-14)16-10-6-7-11-17(16)19(15)21/h3-11,13,18H,12H2,1-2H3. The van der Waals surface area contributed by atoms with Gasteiger partial charge in [0.2, 0.25) is 0 Å². The van der Waals surface area contributed by atoms with Crippen LogP contribution in [0, 0.1) is 0 Å². The molecule has 1 aliphatic rings. The fraction of sp³-hybridized carbons (Fsp3) is 0.211. The van der Waals surface area contributed by atoms with E-state index in [0.717, 1.165) is 23.1 Å². The number of nitrogens with zero attached hydrogens (tertiary/aromatic N) is 1. The van der Waals surface area contributed by atoms with E-state index in [1.54, 1.807) is 0 Å². The highest BCUT2D eigenvalue weighted by atomic mass is 16.1. The minimum absolute atomic E-state index is 0.159. The molecule has 0 N–H and O–H groups in total. The molecule has 0 bridgehead atoms. The topological polar surface area (TPSA) is 20.3 Å². The molecule has 0 radical (unpaired) electrons. The second-order valence-electron chi connectivity index (χ2n) is 5.70. The Bertz CT molecular complexity index is 686. The van der Waals surface area contributed by atoms with Gasteiger partial charge in [-0.3, -0.25) is 4.79 Å². The van der Waals surface area contributed by atoms with Crippen molar-refractivity contribution in [2.45, 2.75) is 12.3 Å². The van der Waals surface area contributed by atoms with Crippen molar-refractivity contribution in [3.8, 4) is 0 Å². The fourth-order valence-corrected chi connectivity index (χ4v) is 3.01. The SMILES string of the molecule is CN(C)C=C1CC(c2ccccc2)c2ccccc2C1=O. The minimum Gasteiger partial charge on any atom is -0.383 e. The summed E-state index contributed by atoms with van der Waals surface area (Å²) in [6, 6.07) is 18.4. The first kappa shape index (κ1) is 13.6. The van der Waals surface area contributed by atoms with Crippen LogP contribution in [0.15, 0.2) is 66.4 Å². The molecule has 2 nitrogen and oxygen atoms in total. The summed E-state index contributed by atoms with van der Waals surface area (Å²) >= 11 is 0. The van der Waals surface area contributed by atoms with Crippen molar-refractivity contribution in [1.82, 2.24) is 4.90 Å². The van der Waals surface area contributed by atoms with Crippen molar-refractivity contribution < 1.29 is 4.79 Å². The molecule has 0 aliphatic heterocycles. The molecule has 0 heterocycles. The summed E-state index contributed by atoms with van der Waals surface area (Å²) in [7, 11) is 3.91. The Labute approximate surface area is 125 Å². The van der Waals surface area contributed by atoms with E-state index in [2.05, 4.69) is 30.3 Å². The molecule has 0 spiro atoms. The lowest BCUT2D eigenvalue weighted by Gasteiger charge is -2.27. The second kappa shape index (κ2) is 5.57. The number of carbonyl (C=O) groups is 1. The largest absolute Gasteiger partial charge is 0.383 e. The quantitative estimate of drug-likeness (QED) is 0.777. The van der Waals surface area contributed by atoms with E-state index in [4.69, 9.17) is 0 Å². The number of ketones is 1. The van der Waals surface area contributed by atoms with Gasteiger partial charge in [-0.05, 0) is 17.5 Å². The van der Waals surface area contributed by atoms with Gasteiger partial charge in [-0.1, -0.05) is 54.6 Å². The Morgan fingerprint density at radius 3 is 2.38 bits per heavy atom. The third-order valence-corrected chi connectivity index (χ3v) is 3.91. The molecule has 0 amide bonds. The molecular formula is C19H19NO. The van der Waals surface area contributed by atoms with Gasteiger partial charge in [0.05, 0.1) is 0 Å². The molecule has 106 valence electrons. The van der Waals surface area contributed by atoms with Crippen LogP contribution in [0.25, 0.3) is 0 Å². The van der Waals surface area contributed by atoms with E-state index in [0.29, 0.717) is 0 Å². The lowest BCUT2D eigenvalue weighted by Crippen LogP contribution is -2.21. The molecule has 2 aromatic carbocycles. The maximum atomic E-state index is 12.6. The molecule has 3 rings (SSSR count). The zero-order valence-corrected chi connectivity index (χ0v) is 12.4. The number of allylic oxidation sites excluding steroid dienone is 1. The third kappa shape index (κ3) is 2.62. The van der Waals surface area contributed by atoms with Crippen LogP contribution in [0.1, 0.15) is 33.8 Å². The fourth-order valence-electron chi connectivity index (χ4n) is 3.01. The number of fused-ring (bicyclic) bond motifs is 1. The maximum Gasteiger partial charge on any atom is 0.190 e. The average molecular weight is 277 g/mol. The van der Waals surface area contributed by atoms with Crippen molar-refractivity contribution in [3.05, 3.63) is 83.1 Å². The number of carbonyl (C=O) groups excluding carboxylic acids is 1. The molecule has 1 unspecified atom stereocenters. The van der Waals surface area contributed by atoms with Gasteiger partial charge in [-0.15, -0.1) is 0 Å². The van der Waals surface area contributed by atoms with Gasteiger partial charge in [-0.25, -0.2) is 0 Å². The lowest BCUT2D eigenvalue weighted by molar-refractivity contribution is 0.102. The summed E-state index contributed by atoms with van der Waals surface area (Å²) in [6.07, 6.45) is 2.71. The summed E-state index contributed by atoms with van der Waals surface area (Å²) in [5.41, 5.74) is 4.13. The van der Waals surface area contributed by atoms with Crippen LogP contribution < -0.4 is 0 Å². The summed E-state index contributed by atoms with van der Waals surface area (Å²) in [6.45, 7) is 0. The van der Waals surface area contributed by atoms with E-state index in [9.17, 15) is 4.79 Å². The number of rotatable bonds is 2. The van der Waals surface area contributed by atoms with Gasteiger partial charge in [0.15, 0.2) is 5.78 Å². The van der Waals surface area contributed by atoms with Crippen molar-refractivity contribution in [2.24, 2.45) is 0 Å². The monoisotopic (exact) mass is 277 g/mol. The number of hydrogen-bond acceptors (Lipinski definition) is 2. The zero-order chi connectivity index (χ0) is 14.8. The van der Waals surface area contributed by atoms with E-state index in [-0.39, 0.29) is 11.7 Å². The molecule has 0 fully saturated rings. The first-order chi connectivity index (χ1) is 10.2. The second-order valence-corrected chi connectivity index (χ2v) is 5.70. The van der Waals surface area contributed by atoms with Crippen molar-refractivity contribution in [1.29, 1.82) is 0 Å². The number of Topliss-reactive ketones (excluding diaryl/α,β-unsaturated/α-hetero) is 1. The van der Waals surface area contributed by atoms with E-state index in [1.807, 2.05) is 49.5 Å². The smallest absolute Gasteiger partial charge is 0.190 e. The maximum absolute atomic E-state index is 12.6. The normalized spacial score (nSPS) is 19.4. The number of hydrogen-bond donors (Lipinski definition) is 0. The third-order valence-electron chi connectivity index (χ3n) is 3.91. The predicted octanol–water partition coefficient (Wildman–Crippen LogP) is 3.85. The molecule has 2 heteroatoms. The van der Waals surface area contributed by atoms with Gasteiger partial charge >= 0.3 is 0 Å². The van der Waals surface area contributed by atoms with Gasteiger partial charge in [0, 0.05) is 37.3 Å². The molecular weight excluding hydrogens is 258 g/mol. The summed E-state index contributed by atoms with van der Waals surface area (Å²) < 4.78 is 0. The first-order valence-electron chi connectivity index (χ1n) is 7.22. The number of benzene rings is 2. The van der Waals surface area contributed by atoms with Gasteiger partial charge in [-0.2, -0.15) is 0 Å². The average Bonchev–Trinajstić information content (AvgIpc) is 2.51. The van der Waals surface area contributed by atoms with Crippen molar-refractivity contribution >= 4 is 5.78 Å². The Morgan fingerprint density at radius 2 is 1.67 bits per heavy atom. The van der Waals surface area contributed by atoms with Crippen LogP contribution in [0.2, 0.25) is 0 Å². The van der Waals surface area contributed by atoms with Gasteiger partial charge < -0.3 is 4.90 Å². The Balaban J connectivity index is 2.13. The lowest BCUT2D eigenvalue weighted by atomic mass is 9.76. The predicted molar refractivity (Wildman–Crippen MR) is 85.4 cm³/mol. The van der Waals surface area contributed by atoms with Crippen molar-refractivity contribution in [2.75, 3.05) is 14.1 Å². The van der Waals surface area contributed by atoms with Crippen LogP contribution in [0.4, 0.5) is 0 Å². The van der Waals surface area contributed by atoms with E-state index < -0.39 is 0 Å². The molecule has 21 heavy (non-hydrogen) atoms. The zero-order valence-electron chi connectivity index (χ0n) is 12.4. The highest BCUT2D eigenvalue weighted by Gasteiger charge is 2.30. The van der Waals surface area contributed by atoms with Crippen LogP contribution in [0.5, 0.6) is 0 Å². The Morgan fingerprint density at radius 1 is 1.00 bits per heavy atom. The van der Waals surface area contributed by atoms with Crippen LogP contribution in [0.3, 0.4) is 0 Å². The Kier molecular flexibility index (Phi) is 3.61. The van der Waals surface area contributed by atoms with Gasteiger partial charge in [0.25, 0.3) is 0 Å². The van der Waals surface area contributed by atoms with E-state index in [1.165, 1.54) is 5.56 Å². The Hall–Kier alpha value is -2.35. The molecule has 1 aliphatic carbocycles. The minimum atomic E-state index is 0.159. The highest BCUT2D eigenvalue weighted by molar-refractivity contribution is 6.11. The summed E-state index contributed by atoms with van der Waals surface area (Å²) in [4.78, 5) is 14.6.